The van der Waals surface area contributed by atoms with Crippen molar-refractivity contribution in [2.75, 3.05) is 38.1 Å². The Hall–Kier alpha value is -2.98. The van der Waals surface area contributed by atoms with E-state index in [4.69, 9.17) is 14.2 Å². The van der Waals surface area contributed by atoms with Crippen molar-refractivity contribution >= 4 is 17.7 Å². The molecule has 2 amide bonds. The molecule has 2 aliphatic heterocycles. The van der Waals surface area contributed by atoms with Crippen LogP contribution in [-0.4, -0.2) is 60.9 Å². The third kappa shape index (κ3) is 9.03. The number of hydrogen-bond acceptors (Lipinski definition) is 7. The number of hydrogen-bond donors (Lipinski definition) is 3. The van der Waals surface area contributed by atoms with Gasteiger partial charge in [-0.15, -0.1) is 0 Å². The number of ether oxygens (including phenoxy) is 3. The molecule has 39 heavy (non-hydrogen) atoms. The lowest BCUT2D eigenvalue weighted by Crippen LogP contribution is -2.40. The van der Waals surface area contributed by atoms with E-state index in [1.54, 1.807) is 19.1 Å². The first kappa shape index (κ1) is 29.0. The summed E-state index contributed by atoms with van der Waals surface area (Å²) in [6.45, 7) is 4.86. The molecule has 0 radical (unpaired) electrons. The fraction of sp³-hybridized carbons (Fsp3) is 0.533. The van der Waals surface area contributed by atoms with Gasteiger partial charge in [0.1, 0.15) is 6.54 Å². The Bertz CT molecular complexity index is 1040. The zero-order valence-corrected chi connectivity index (χ0v) is 22.8. The van der Waals surface area contributed by atoms with Crippen LogP contribution in [0.2, 0.25) is 0 Å². The molecule has 9 heteroatoms. The summed E-state index contributed by atoms with van der Waals surface area (Å²) >= 11 is 0. The lowest BCUT2D eigenvalue weighted by Gasteiger charge is -2.38. The number of carbonyl (C=O) groups is 2. The number of likely N-dealkylation sites (tertiary alicyclic amines) is 1. The van der Waals surface area contributed by atoms with Crippen molar-refractivity contribution in [1.29, 1.82) is 0 Å². The summed E-state index contributed by atoms with van der Waals surface area (Å²) in [6.07, 6.45) is 6.43. The maximum atomic E-state index is 12.1. The Morgan fingerprint density at radius 1 is 0.949 bits per heavy atom. The summed E-state index contributed by atoms with van der Waals surface area (Å²) < 4.78 is 17.8. The van der Waals surface area contributed by atoms with Crippen LogP contribution in [0.25, 0.3) is 0 Å². The van der Waals surface area contributed by atoms with Crippen LogP contribution in [0, 0.1) is 0 Å². The van der Waals surface area contributed by atoms with Gasteiger partial charge in [-0.2, -0.15) is 0 Å². The first-order valence-corrected chi connectivity index (χ1v) is 14.1. The van der Waals surface area contributed by atoms with Crippen LogP contribution in [0.1, 0.15) is 74.5 Å². The van der Waals surface area contributed by atoms with Crippen molar-refractivity contribution in [3.63, 3.8) is 0 Å². The molecule has 2 aromatic carbocycles. The summed E-state index contributed by atoms with van der Waals surface area (Å²) in [5, 5.41) is 14.6. The van der Waals surface area contributed by atoms with E-state index in [1.165, 1.54) is 32.1 Å². The standard InChI is InChI=1S/C30H41N3O6/c1-2-37-28(35)19-31-30(36)32-25-14-12-24(13-15-25)29-38-26(20-33-16-6-4-3-5-7-17-33)18-27(39-29)23-10-8-22(21-34)9-11-23/h8-15,26-27,29,34H,2-7,16-21H2,1H3,(H2,31,32,36)/t26-,27+,29+/m1/s1. The van der Waals surface area contributed by atoms with Gasteiger partial charge in [0.05, 0.1) is 25.4 Å². The molecule has 0 bridgehead atoms. The van der Waals surface area contributed by atoms with E-state index in [9.17, 15) is 14.7 Å². The number of anilines is 1. The molecule has 2 saturated heterocycles. The number of esters is 1. The smallest absolute Gasteiger partial charge is 0.325 e. The van der Waals surface area contributed by atoms with Crippen molar-refractivity contribution in [1.82, 2.24) is 10.2 Å². The molecule has 2 aromatic rings. The number of carbonyl (C=O) groups excluding carboxylic acids is 2. The van der Waals surface area contributed by atoms with Crippen LogP contribution in [0.3, 0.4) is 0 Å². The zero-order valence-electron chi connectivity index (χ0n) is 22.8. The summed E-state index contributed by atoms with van der Waals surface area (Å²) in [4.78, 5) is 26.1. The Morgan fingerprint density at radius 2 is 1.62 bits per heavy atom. The van der Waals surface area contributed by atoms with Crippen LogP contribution in [0.15, 0.2) is 48.5 Å². The van der Waals surface area contributed by atoms with Crippen molar-refractivity contribution in [2.24, 2.45) is 0 Å². The second kappa shape index (κ2) is 15.0. The lowest BCUT2D eigenvalue weighted by atomic mass is 9.99. The second-order valence-corrected chi connectivity index (χ2v) is 10.2. The third-order valence-electron chi connectivity index (χ3n) is 7.16. The van der Waals surface area contributed by atoms with Crippen LogP contribution < -0.4 is 10.6 Å². The normalized spacial score (nSPS) is 22.4. The number of urea groups is 1. The average Bonchev–Trinajstić information content (AvgIpc) is 2.94. The van der Waals surface area contributed by atoms with Crippen LogP contribution in [-0.2, 0) is 25.6 Å². The molecule has 212 valence electrons. The highest BCUT2D eigenvalue weighted by atomic mass is 16.7. The topological polar surface area (TPSA) is 109 Å². The van der Waals surface area contributed by atoms with Crippen molar-refractivity contribution in [3.05, 3.63) is 65.2 Å². The largest absolute Gasteiger partial charge is 0.465 e. The molecule has 2 fully saturated rings. The van der Waals surface area contributed by atoms with Crippen LogP contribution >= 0.6 is 0 Å². The Kier molecular flexibility index (Phi) is 11.1. The van der Waals surface area contributed by atoms with E-state index in [1.807, 2.05) is 36.4 Å². The van der Waals surface area contributed by atoms with Gasteiger partial charge in [0.15, 0.2) is 6.29 Å². The van der Waals surface area contributed by atoms with Crippen LogP contribution in [0.5, 0.6) is 0 Å². The number of amides is 2. The minimum atomic E-state index is -0.548. The molecule has 0 saturated carbocycles. The van der Waals surface area contributed by atoms with E-state index >= 15 is 0 Å². The third-order valence-corrected chi connectivity index (χ3v) is 7.16. The predicted octanol–water partition coefficient (Wildman–Crippen LogP) is 4.68. The monoisotopic (exact) mass is 539 g/mol. The van der Waals surface area contributed by atoms with Gasteiger partial charge in [-0.1, -0.05) is 55.7 Å². The fourth-order valence-electron chi connectivity index (χ4n) is 5.08. The van der Waals surface area contributed by atoms with E-state index < -0.39 is 18.3 Å². The SMILES string of the molecule is CCOC(=O)CNC(=O)Nc1ccc([C@H]2O[C@@H](CN3CCCCCCC3)C[C@@H](c3ccc(CO)cc3)O2)cc1. The molecule has 2 aliphatic rings. The Labute approximate surface area is 230 Å². The molecule has 0 spiro atoms. The Balaban J connectivity index is 1.42. The van der Waals surface area contributed by atoms with Crippen molar-refractivity contribution in [2.45, 2.75) is 70.6 Å². The first-order chi connectivity index (χ1) is 19.0. The van der Waals surface area contributed by atoms with E-state index in [0.717, 1.165) is 42.7 Å². The number of benzene rings is 2. The molecule has 3 atom stereocenters. The molecule has 4 rings (SSSR count). The molecule has 9 nitrogen and oxygen atoms in total. The van der Waals surface area contributed by atoms with Gasteiger partial charge in [0.25, 0.3) is 0 Å². The number of aliphatic hydroxyl groups excluding tert-OH is 1. The van der Waals surface area contributed by atoms with Gasteiger partial charge in [0, 0.05) is 24.2 Å². The highest BCUT2D eigenvalue weighted by Gasteiger charge is 2.33. The molecule has 0 aromatic heterocycles. The molecular formula is C30H41N3O6. The highest BCUT2D eigenvalue weighted by molar-refractivity contribution is 5.91. The van der Waals surface area contributed by atoms with Gasteiger partial charge in [-0.05, 0) is 56.1 Å². The molecular weight excluding hydrogens is 498 g/mol. The summed E-state index contributed by atoms with van der Waals surface area (Å²) in [7, 11) is 0. The lowest BCUT2D eigenvalue weighted by molar-refractivity contribution is -0.253. The quantitative estimate of drug-likeness (QED) is 0.397. The summed E-state index contributed by atoms with van der Waals surface area (Å²) in [5.41, 5.74) is 3.38. The van der Waals surface area contributed by atoms with Gasteiger partial charge < -0.3 is 34.9 Å². The molecule has 2 heterocycles. The molecule has 0 aliphatic carbocycles. The van der Waals surface area contributed by atoms with E-state index in [-0.39, 0.29) is 32.0 Å². The maximum Gasteiger partial charge on any atom is 0.325 e. The van der Waals surface area contributed by atoms with E-state index in [2.05, 4.69) is 15.5 Å². The number of aliphatic hydroxyl groups is 1. The molecule has 0 unspecified atom stereocenters. The van der Waals surface area contributed by atoms with Crippen LogP contribution in [0.4, 0.5) is 10.5 Å². The maximum absolute atomic E-state index is 12.1. The number of nitrogens with zero attached hydrogens (tertiary/aromatic N) is 1. The van der Waals surface area contributed by atoms with Gasteiger partial charge in [-0.25, -0.2) is 4.79 Å². The van der Waals surface area contributed by atoms with E-state index in [0.29, 0.717) is 5.69 Å². The Morgan fingerprint density at radius 3 is 2.28 bits per heavy atom. The number of nitrogens with one attached hydrogen (secondary N) is 2. The van der Waals surface area contributed by atoms with Gasteiger partial charge >= 0.3 is 12.0 Å². The fourth-order valence-corrected chi connectivity index (χ4v) is 5.08. The highest BCUT2D eigenvalue weighted by Crippen LogP contribution is 2.38. The van der Waals surface area contributed by atoms with Gasteiger partial charge in [0.2, 0.25) is 0 Å². The summed E-state index contributed by atoms with van der Waals surface area (Å²) in [5.74, 6) is -0.486. The summed E-state index contributed by atoms with van der Waals surface area (Å²) in [6, 6.07) is 14.8. The molecule has 3 N–H and O–H groups in total. The minimum Gasteiger partial charge on any atom is -0.465 e. The number of rotatable bonds is 9. The predicted molar refractivity (Wildman–Crippen MR) is 148 cm³/mol. The van der Waals surface area contributed by atoms with Gasteiger partial charge in [-0.3, -0.25) is 4.79 Å². The minimum absolute atomic E-state index is 0.0103. The first-order valence-electron chi connectivity index (χ1n) is 14.1. The zero-order chi connectivity index (χ0) is 27.5. The second-order valence-electron chi connectivity index (χ2n) is 10.2. The average molecular weight is 540 g/mol. The van der Waals surface area contributed by atoms with Crippen molar-refractivity contribution in [3.8, 4) is 0 Å². The van der Waals surface area contributed by atoms with Crippen molar-refractivity contribution < 1.29 is 28.9 Å².